The SMILES string of the molecule is NC1CCC(C(=O)O)(c2nn[nH]n2)CC1. The van der Waals surface area contributed by atoms with Crippen molar-refractivity contribution in [2.45, 2.75) is 37.1 Å². The molecule has 1 aromatic heterocycles. The zero-order valence-corrected chi connectivity index (χ0v) is 8.18. The molecular formula is C8H13N5O2. The molecule has 0 bridgehead atoms. The molecule has 4 N–H and O–H groups in total. The van der Waals surface area contributed by atoms with Gasteiger partial charge in [-0.2, -0.15) is 5.21 Å². The van der Waals surface area contributed by atoms with Gasteiger partial charge in [0.1, 0.15) is 5.41 Å². The Kier molecular flexibility index (Phi) is 2.39. The Hall–Kier alpha value is -1.50. The number of carboxylic acid groups (broad SMARTS) is 1. The molecule has 1 aliphatic carbocycles. The number of nitrogens with zero attached hydrogens (tertiary/aromatic N) is 3. The lowest BCUT2D eigenvalue weighted by molar-refractivity contribution is -0.145. The predicted molar refractivity (Wildman–Crippen MR) is 49.9 cm³/mol. The van der Waals surface area contributed by atoms with Gasteiger partial charge in [0.2, 0.25) is 0 Å². The molecule has 1 saturated carbocycles. The Balaban J connectivity index is 2.30. The molecule has 1 heterocycles. The van der Waals surface area contributed by atoms with Gasteiger partial charge in [-0.1, -0.05) is 5.21 Å². The third-order valence-electron chi connectivity index (χ3n) is 3.07. The van der Waals surface area contributed by atoms with E-state index in [1.54, 1.807) is 0 Å². The lowest BCUT2D eigenvalue weighted by Gasteiger charge is -2.32. The third-order valence-corrected chi connectivity index (χ3v) is 3.07. The molecule has 0 aliphatic heterocycles. The van der Waals surface area contributed by atoms with Crippen molar-refractivity contribution in [3.05, 3.63) is 5.82 Å². The number of nitrogens with one attached hydrogen (secondary N) is 1. The number of hydrogen-bond acceptors (Lipinski definition) is 5. The lowest BCUT2D eigenvalue weighted by Crippen LogP contribution is -2.43. The number of aliphatic carboxylic acids is 1. The van der Waals surface area contributed by atoms with Gasteiger partial charge in [0.05, 0.1) is 0 Å². The number of aromatic amines is 1. The van der Waals surface area contributed by atoms with E-state index in [1.165, 1.54) is 0 Å². The van der Waals surface area contributed by atoms with E-state index >= 15 is 0 Å². The normalized spacial score (nSPS) is 31.4. The Labute approximate surface area is 86.0 Å². The lowest BCUT2D eigenvalue weighted by atomic mass is 9.72. The number of carbonyl (C=O) groups is 1. The predicted octanol–water partition coefficient (Wildman–Crippen LogP) is -0.577. The van der Waals surface area contributed by atoms with E-state index in [0.29, 0.717) is 25.7 Å². The monoisotopic (exact) mass is 211 g/mol. The van der Waals surface area contributed by atoms with Crippen molar-refractivity contribution in [1.82, 2.24) is 20.6 Å². The molecule has 15 heavy (non-hydrogen) atoms. The second-order valence-corrected chi connectivity index (χ2v) is 3.96. The van der Waals surface area contributed by atoms with Crippen LogP contribution in [0.3, 0.4) is 0 Å². The van der Waals surface area contributed by atoms with Gasteiger partial charge in [0, 0.05) is 6.04 Å². The Bertz CT molecular complexity index is 342. The minimum absolute atomic E-state index is 0.0874. The highest BCUT2D eigenvalue weighted by Crippen LogP contribution is 2.37. The van der Waals surface area contributed by atoms with E-state index in [-0.39, 0.29) is 11.9 Å². The first-order valence-electron chi connectivity index (χ1n) is 4.88. The molecule has 0 unspecified atom stereocenters. The average molecular weight is 211 g/mol. The number of rotatable bonds is 2. The van der Waals surface area contributed by atoms with Crippen LogP contribution in [0.1, 0.15) is 31.5 Å². The highest BCUT2D eigenvalue weighted by atomic mass is 16.4. The zero-order valence-electron chi connectivity index (χ0n) is 8.18. The maximum atomic E-state index is 11.3. The summed E-state index contributed by atoms with van der Waals surface area (Å²) in [7, 11) is 0. The summed E-state index contributed by atoms with van der Waals surface area (Å²) < 4.78 is 0. The zero-order chi connectivity index (χ0) is 10.9. The second kappa shape index (κ2) is 3.58. The Morgan fingerprint density at radius 2 is 2.20 bits per heavy atom. The van der Waals surface area contributed by atoms with Crippen LogP contribution >= 0.6 is 0 Å². The molecule has 82 valence electrons. The topological polar surface area (TPSA) is 118 Å². The van der Waals surface area contributed by atoms with Gasteiger partial charge >= 0.3 is 5.97 Å². The fourth-order valence-electron chi connectivity index (χ4n) is 2.03. The van der Waals surface area contributed by atoms with Crippen molar-refractivity contribution < 1.29 is 9.90 Å². The highest BCUT2D eigenvalue weighted by molar-refractivity contribution is 5.80. The van der Waals surface area contributed by atoms with Gasteiger partial charge in [-0.3, -0.25) is 4.79 Å². The standard InChI is InChI=1S/C8H13N5O2/c9-5-1-3-8(4-2-5,7(14)15)6-10-12-13-11-6/h5H,1-4,9H2,(H,14,15)(H,10,11,12,13). The summed E-state index contributed by atoms with van der Waals surface area (Å²) in [5.41, 5.74) is 4.76. The fraction of sp³-hybridized carbons (Fsp3) is 0.750. The molecule has 1 aliphatic rings. The summed E-state index contributed by atoms with van der Waals surface area (Å²) in [6.45, 7) is 0. The number of aromatic nitrogens is 4. The van der Waals surface area contributed by atoms with Crippen LogP contribution in [0.5, 0.6) is 0 Å². The molecule has 0 radical (unpaired) electrons. The fourth-order valence-corrected chi connectivity index (χ4v) is 2.03. The third kappa shape index (κ3) is 1.58. The van der Waals surface area contributed by atoms with E-state index in [9.17, 15) is 9.90 Å². The van der Waals surface area contributed by atoms with Crippen molar-refractivity contribution in [3.63, 3.8) is 0 Å². The minimum Gasteiger partial charge on any atom is -0.480 e. The van der Waals surface area contributed by atoms with Crippen LogP contribution < -0.4 is 5.73 Å². The van der Waals surface area contributed by atoms with Crippen molar-refractivity contribution >= 4 is 5.97 Å². The molecule has 2 rings (SSSR count). The van der Waals surface area contributed by atoms with Crippen LogP contribution in [0.2, 0.25) is 0 Å². The molecule has 7 nitrogen and oxygen atoms in total. The molecule has 1 fully saturated rings. The Morgan fingerprint density at radius 3 is 2.67 bits per heavy atom. The quantitative estimate of drug-likeness (QED) is 0.602. The van der Waals surface area contributed by atoms with E-state index in [4.69, 9.17) is 5.73 Å². The van der Waals surface area contributed by atoms with Gasteiger partial charge in [0.15, 0.2) is 5.82 Å². The summed E-state index contributed by atoms with van der Waals surface area (Å²) in [6.07, 6.45) is 2.31. The number of tetrazole rings is 1. The molecular weight excluding hydrogens is 198 g/mol. The van der Waals surface area contributed by atoms with Gasteiger partial charge in [-0.05, 0) is 25.7 Å². The van der Waals surface area contributed by atoms with Gasteiger partial charge < -0.3 is 10.8 Å². The highest BCUT2D eigenvalue weighted by Gasteiger charge is 2.46. The molecule has 0 amide bonds. The number of carboxylic acids is 1. The summed E-state index contributed by atoms with van der Waals surface area (Å²) in [4.78, 5) is 11.3. The first-order chi connectivity index (χ1) is 7.15. The maximum Gasteiger partial charge on any atom is 0.317 e. The first-order valence-corrected chi connectivity index (χ1v) is 4.88. The molecule has 0 spiro atoms. The van der Waals surface area contributed by atoms with Crippen LogP contribution in [0.4, 0.5) is 0 Å². The van der Waals surface area contributed by atoms with Crippen LogP contribution in [-0.2, 0) is 10.2 Å². The number of H-pyrrole nitrogens is 1. The summed E-state index contributed by atoms with van der Waals surface area (Å²) in [6, 6.07) is 0.0874. The van der Waals surface area contributed by atoms with Crippen LogP contribution in [-0.4, -0.2) is 37.7 Å². The van der Waals surface area contributed by atoms with E-state index < -0.39 is 11.4 Å². The van der Waals surface area contributed by atoms with Gasteiger partial charge in [-0.15, -0.1) is 10.2 Å². The first kappa shape index (κ1) is 10.0. The van der Waals surface area contributed by atoms with E-state index in [1.807, 2.05) is 0 Å². The average Bonchev–Trinajstić information content (AvgIpc) is 2.72. The summed E-state index contributed by atoms with van der Waals surface area (Å²) >= 11 is 0. The molecule has 0 atom stereocenters. The largest absolute Gasteiger partial charge is 0.480 e. The van der Waals surface area contributed by atoms with E-state index in [2.05, 4.69) is 20.6 Å². The molecule has 0 aromatic carbocycles. The second-order valence-electron chi connectivity index (χ2n) is 3.96. The van der Waals surface area contributed by atoms with Crippen molar-refractivity contribution in [2.24, 2.45) is 5.73 Å². The van der Waals surface area contributed by atoms with Crippen molar-refractivity contribution in [3.8, 4) is 0 Å². The van der Waals surface area contributed by atoms with Gasteiger partial charge in [0.25, 0.3) is 0 Å². The molecule has 1 aromatic rings. The smallest absolute Gasteiger partial charge is 0.317 e. The molecule has 0 saturated heterocycles. The van der Waals surface area contributed by atoms with Crippen LogP contribution in [0.15, 0.2) is 0 Å². The number of nitrogens with two attached hydrogens (primary N) is 1. The summed E-state index contributed by atoms with van der Waals surface area (Å²) in [5.74, 6) is -0.627. The Morgan fingerprint density at radius 1 is 1.53 bits per heavy atom. The van der Waals surface area contributed by atoms with Crippen LogP contribution in [0, 0.1) is 0 Å². The van der Waals surface area contributed by atoms with Gasteiger partial charge in [-0.25, -0.2) is 0 Å². The molecule has 7 heteroatoms. The minimum atomic E-state index is -0.997. The van der Waals surface area contributed by atoms with Crippen molar-refractivity contribution in [1.29, 1.82) is 0 Å². The number of hydrogen-bond donors (Lipinski definition) is 3. The summed E-state index contributed by atoms with van der Waals surface area (Å²) in [5, 5.41) is 22.6. The van der Waals surface area contributed by atoms with Crippen LogP contribution in [0.25, 0.3) is 0 Å². The maximum absolute atomic E-state index is 11.3. The van der Waals surface area contributed by atoms with Crippen molar-refractivity contribution in [2.75, 3.05) is 0 Å². The van der Waals surface area contributed by atoms with E-state index in [0.717, 1.165) is 0 Å².